The van der Waals surface area contributed by atoms with Crippen molar-refractivity contribution in [2.45, 2.75) is 127 Å². The van der Waals surface area contributed by atoms with Crippen molar-refractivity contribution in [2.75, 3.05) is 71.5 Å². The van der Waals surface area contributed by atoms with Gasteiger partial charge in [0.05, 0.1) is 47.0 Å². The van der Waals surface area contributed by atoms with Gasteiger partial charge in [-0.3, -0.25) is 19.2 Å². The van der Waals surface area contributed by atoms with E-state index in [9.17, 15) is 38.4 Å². The van der Waals surface area contributed by atoms with Gasteiger partial charge in [0.2, 0.25) is 23.6 Å². The molecule has 0 aliphatic carbocycles. The van der Waals surface area contributed by atoms with Crippen molar-refractivity contribution in [1.82, 2.24) is 40.2 Å². The fourth-order valence-corrected chi connectivity index (χ4v) is 15.4. The first-order valence-corrected chi connectivity index (χ1v) is 36.2. The third kappa shape index (κ3) is 20.3. The topological polar surface area (TPSA) is 263 Å². The minimum Gasteiger partial charge on any atom is -0.369 e. The molecule has 1 atom stereocenters. The molecule has 0 spiro atoms. The van der Waals surface area contributed by atoms with Crippen molar-refractivity contribution < 1.29 is 37.3 Å². The van der Waals surface area contributed by atoms with Crippen LogP contribution in [0.5, 0.6) is 0 Å². The summed E-state index contributed by atoms with van der Waals surface area (Å²) in [6, 6.07) is 16.1. The molecule has 2 aliphatic heterocycles. The first-order valence-electron chi connectivity index (χ1n) is 30.3. The molecule has 512 valence electrons. The predicted molar refractivity (Wildman–Crippen MR) is 390 cm³/mol. The lowest BCUT2D eigenvalue weighted by Gasteiger charge is -2.33. The van der Waals surface area contributed by atoms with E-state index in [2.05, 4.69) is 76.8 Å². The van der Waals surface area contributed by atoms with Crippen LogP contribution < -0.4 is 53.6 Å². The molecule has 4 amide bonds. The second-order valence-corrected chi connectivity index (χ2v) is 28.9. The van der Waals surface area contributed by atoms with Crippen LogP contribution in [0.3, 0.4) is 0 Å². The lowest BCUT2D eigenvalue weighted by atomic mass is 10.00. The van der Waals surface area contributed by atoms with Gasteiger partial charge in [0.15, 0.2) is 0 Å². The van der Waals surface area contributed by atoms with E-state index in [-0.39, 0.29) is 78.7 Å². The van der Waals surface area contributed by atoms with Crippen LogP contribution in [0.2, 0.25) is 0 Å². The predicted octanol–water partition coefficient (Wildman–Crippen LogP) is 10.4. The Balaban J connectivity index is 0.000000201. The molecule has 2 aliphatic rings. The minimum absolute atomic E-state index is 0. The molecule has 95 heavy (non-hydrogen) atoms. The SMILES string of the molecule is C.C=S(C)c1c(C)cc(-c2cn(CNC(C)=O)oc2=O)cc1C.C=S1CCN(c2c(C)cc(-c3cn(CNC(C)=O)oc3=O)cc2C)CC1.CC(=O)NCn1cc(-c2cc(C)c(N3CCSCC3)c(C)c2)c(=O)o1.CSc1c(C)cc(-c2cn(CNC(C)=O)oc2=O)cc1C. The van der Waals surface area contributed by atoms with E-state index in [1.54, 1.807) is 36.5 Å². The maximum Gasteiger partial charge on any atom is 0.365 e. The molecule has 0 radical (unpaired) electrons. The van der Waals surface area contributed by atoms with Crippen molar-refractivity contribution in [2.24, 2.45) is 0 Å². The van der Waals surface area contributed by atoms with Gasteiger partial charge >= 0.3 is 22.5 Å². The average Bonchev–Trinajstić information content (AvgIpc) is 1.81. The molecule has 10 rings (SSSR count). The van der Waals surface area contributed by atoms with Crippen LogP contribution in [-0.2, 0) is 45.9 Å². The molecular formula is C69H90N10O12S4. The smallest absolute Gasteiger partial charge is 0.365 e. The third-order valence-corrected chi connectivity index (χ3v) is 20.2. The second kappa shape index (κ2) is 34.3. The molecule has 4 aromatic heterocycles. The largest absolute Gasteiger partial charge is 0.369 e. The highest BCUT2D eigenvalue weighted by atomic mass is 32.2. The van der Waals surface area contributed by atoms with Crippen LogP contribution in [0.15, 0.2) is 120 Å². The Labute approximate surface area is 567 Å². The monoisotopic (exact) mass is 1380 g/mol. The van der Waals surface area contributed by atoms with E-state index in [0.29, 0.717) is 22.3 Å². The zero-order chi connectivity index (χ0) is 68.8. The molecule has 2 saturated heterocycles. The lowest BCUT2D eigenvalue weighted by molar-refractivity contribution is -0.120. The summed E-state index contributed by atoms with van der Waals surface area (Å²) in [5, 5.41) is 10.4. The number of benzene rings is 4. The minimum atomic E-state index is -0.415. The lowest BCUT2D eigenvalue weighted by Crippen LogP contribution is -2.34. The van der Waals surface area contributed by atoms with Crippen molar-refractivity contribution in [3.05, 3.63) is 160 Å². The van der Waals surface area contributed by atoms with Gasteiger partial charge in [-0.25, -0.2) is 19.2 Å². The number of hydrogen-bond acceptors (Lipinski definition) is 16. The van der Waals surface area contributed by atoms with E-state index in [0.717, 1.165) is 116 Å². The summed E-state index contributed by atoms with van der Waals surface area (Å²) in [6.45, 7) is 26.9. The summed E-state index contributed by atoms with van der Waals surface area (Å²) < 4.78 is 25.9. The molecule has 26 heteroatoms. The van der Waals surface area contributed by atoms with Crippen molar-refractivity contribution >= 4 is 91.2 Å². The van der Waals surface area contributed by atoms with Gasteiger partial charge in [-0.15, -0.1) is 11.8 Å². The highest BCUT2D eigenvalue weighted by Crippen LogP contribution is 2.36. The van der Waals surface area contributed by atoms with Gasteiger partial charge in [-0.2, -0.15) is 51.7 Å². The van der Waals surface area contributed by atoms with E-state index >= 15 is 0 Å². The first kappa shape index (κ1) is 75.6. The number of anilines is 2. The standard InChI is InChI=1S/C19H25N3O3S.C18H23N3O3S.C16H20N2O3S.C15H18N2O3S.CH4/c1-13-9-16(17-11-22(25-19(17)24)12-20-15(3)23)10-14(2)18(13)21-5-7-26(4)8-6-21;1-12-8-15(9-13(2)17(12)20-4-6-25-7-5-20)16-10-21(24-18(16)23)11-19-14(3)22;1-10-6-13(7-11(2)15(10)22(4)5)14-8-18(21-16(14)20)9-17-12(3)19;1-9-5-12(6-10(2)14(9)21-4)13-7-17(20-15(13)19)8-16-11(3)18;/h9-11H,4-8,12H2,1-3H3,(H,20,23);8-10H,4-7,11H2,1-3H3,(H,19,22);6-8H,4,9H2,1-3,5H3,(H,17,19);5-7H,8H2,1-4H3,(H,16,18);1H4. The number of hydrogen-bond donors (Lipinski definition) is 4. The van der Waals surface area contributed by atoms with E-state index in [4.69, 9.17) is 18.1 Å². The van der Waals surface area contributed by atoms with Gasteiger partial charge in [0.1, 0.15) is 26.7 Å². The Morgan fingerprint density at radius 1 is 0.484 bits per heavy atom. The molecule has 4 aromatic carbocycles. The van der Waals surface area contributed by atoms with E-state index in [1.165, 1.54) is 67.8 Å². The Hall–Kier alpha value is -8.46. The summed E-state index contributed by atoms with van der Waals surface area (Å²) in [7, 11) is 0.205. The van der Waals surface area contributed by atoms with Crippen LogP contribution >= 0.6 is 44.5 Å². The number of aryl methyl sites for hydroxylation is 8. The Kier molecular flexibility index (Phi) is 27.3. The van der Waals surface area contributed by atoms with Crippen LogP contribution in [-0.4, -0.2) is 116 Å². The fourth-order valence-electron chi connectivity index (χ4n) is 11.4. The quantitative estimate of drug-likeness (QED) is 0.0518. The van der Waals surface area contributed by atoms with Crippen LogP contribution in [0.25, 0.3) is 44.5 Å². The molecule has 6 heterocycles. The van der Waals surface area contributed by atoms with Crippen LogP contribution in [0.4, 0.5) is 11.4 Å². The van der Waals surface area contributed by atoms with Crippen molar-refractivity contribution in [3.8, 4) is 44.5 Å². The Morgan fingerprint density at radius 3 is 1.01 bits per heavy atom. The molecule has 0 bridgehead atoms. The molecule has 8 aromatic rings. The third-order valence-electron chi connectivity index (χ3n) is 15.4. The summed E-state index contributed by atoms with van der Waals surface area (Å²) in [5.41, 5.74) is 15.4. The first-order chi connectivity index (χ1) is 44.5. The van der Waals surface area contributed by atoms with Gasteiger partial charge < -0.3 is 49.2 Å². The summed E-state index contributed by atoms with van der Waals surface area (Å²) in [4.78, 5) is 99.5. The van der Waals surface area contributed by atoms with E-state index in [1.807, 2.05) is 94.2 Å². The maximum absolute atomic E-state index is 12.2. The van der Waals surface area contributed by atoms with Gasteiger partial charge in [-0.1, -0.05) is 19.2 Å². The summed E-state index contributed by atoms with van der Waals surface area (Å²) in [6.07, 6.45) is 10.6. The highest BCUT2D eigenvalue weighted by Gasteiger charge is 2.22. The number of nitrogens with one attached hydrogen (secondary N) is 4. The number of amides is 4. The highest BCUT2D eigenvalue weighted by molar-refractivity contribution is 8.14. The van der Waals surface area contributed by atoms with E-state index < -0.39 is 22.5 Å². The molecule has 2 fully saturated rings. The molecule has 4 N–H and O–H groups in total. The maximum atomic E-state index is 12.2. The average molecular weight is 1380 g/mol. The number of carbonyl (C=O) groups is 4. The summed E-state index contributed by atoms with van der Waals surface area (Å²) >= 11 is 3.68. The van der Waals surface area contributed by atoms with Crippen molar-refractivity contribution in [3.63, 3.8) is 0 Å². The summed E-state index contributed by atoms with van der Waals surface area (Å²) in [5.74, 6) is 12.2. The molecule has 1 unspecified atom stereocenters. The Bertz CT molecular complexity index is 4280. The fraction of sp³-hybridized carbons (Fsp3) is 0.391. The molecule has 22 nitrogen and oxygen atoms in total. The Morgan fingerprint density at radius 2 is 0.747 bits per heavy atom. The van der Waals surface area contributed by atoms with Gasteiger partial charge in [-0.05, 0) is 183 Å². The van der Waals surface area contributed by atoms with Crippen LogP contribution in [0.1, 0.15) is 79.6 Å². The zero-order valence-corrected chi connectivity index (χ0v) is 59.3. The normalized spacial score (nSPS) is 13.2. The zero-order valence-electron chi connectivity index (χ0n) is 56.0. The second-order valence-electron chi connectivity index (χ2n) is 23.2. The van der Waals surface area contributed by atoms with Gasteiger partial charge in [0, 0.05) is 98.1 Å². The molecular weight excluding hydrogens is 1290 g/mol. The number of nitrogens with zero attached hydrogens (tertiary/aromatic N) is 6. The van der Waals surface area contributed by atoms with Crippen molar-refractivity contribution in [1.29, 1.82) is 0 Å². The number of carbonyl (C=O) groups excluding carboxylic acids is 4. The molecule has 0 saturated carbocycles. The van der Waals surface area contributed by atoms with Crippen LogP contribution in [0, 0.1) is 55.4 Å². The number of aromatic nitrogens is 4. The number of rotatable bonds is 16. The van der Waals surface area contributed by atoms with Gasteiger partial charge in [0.25, 0.3) is 0 Å². The number of thioether (sulfide) groups is 2.